The molecule has 2 aromatic carbocycles. The summed E-state index contributed by atoms with van der Waals surface area (Å²) in [6.07, 6.45) is 3.20. The molecule has 2 aliphatic heterocycles. The van der Waals surface area contributed by atoms with E-state index in [1.807, 2.05) is 11.2 Å². The number of aromatic hydroxyl groups is 1. The van der Waals surface area contributed by atoms with Crippen molar-refractivity contribution in [2.75, 3.05) is 30.8 Å². The van der Waals surface area contributed by atoms with E-state index < -0.39 is 18.0 Å². The third-order valence-corrected chi connectivity index (χ3v) is 8.51. The van der Waals surface area contributed by atoms with Crippen molar-refractivity contribution in [3.8, 4) is 5.75 Å². The minimum Gasteiger partial charge on any atom is -0.505 e. The van der Waals surface area contributed by atoms with Crippen molar-refractivity contribution >= 4 is 29.1 Å². The Morgan fingerprint density at radius 3 is 2.80 bits per heavy atom. The number of alkyl halides is 1. The molecule has 2 aliphatic rings. The van der Waals surface area contributed by atoms with Crippen LogP contribution in [0, 0.1) is 11.6 Å². The zero-order valence-corrected chi connectivity index (χ0v) is 23.1. The molecule has 4 heterocycles. The molecule has 2 N–H and O–H groups in total. The number of fused-ring (bicyclic) bond motifs is 1. The standard InChI is InChI=1S/C29H29F3N6O2S/c1-41-26-5-3-18(30)11-21(26)23-12-19(31)15-37(23)28-7-6-27-33-13-24(38(27)35-28)29(40)34-20-8-9-36(16-20)14-17-2-4-22(32)25(39)10-17/h2-7,10-11,13,19-20,23,39H,8-9,12,14-16H2,1H3,(H,34,40)/t19-,20-,23+/m0/s1. The molecule has 0 spiro atoms. The summed E-state index contributed by atoms with van der Waals surface area (Å²) in [4.78, 5) is 22.4. The normalized spacial score (nSPS) is 21.2. The van der Waals surface area contributed by atoms with Crippen molar-refractivity contribution < 1.29 is 23.1 Å². The molecular formula is C29H29F3N6O2S. The van der Waals surface area contributed by atoms with E-state index in [1.54, 1.807) is 24.3 Å². The van der Waals surface area contributed by atoms with Crippen molar-refractivity contribution in [2.45, 2.75) is 42.5 Å². The van der Waals surface area contributed by atoms with E-state index >= 15 is 0 Å². The van der Waals surface area contributed by atoms with E-state index in [4.69, 9.17) is 0 Å². The number of amides is 1. The fourth-order valence-electron chi connectivity index (χ4n) is 5.74. The number of anilines is 1. The molecule has 214 valence electrons. The second-order valence-electron chi connectivity index (χ2n) is 10.5. The number of imidazole rings is 1. The molecule has 1 amide bonds. The Morgan fingerprint density at radius 1 is 1.15 bits per heavy atom. The van der Waals surface area contributed by atoms with E-state index in [2.05, 4.69) is 20.3 Å². The summed E-state index contributed by atoms with van der Waals surface area (Å²) < 4.78 is 43.8. The smallest absolute Gasteiger partial charge is 0.271 e. The molecule has 41 heavy (non-hydrogen) atoms. The number of thioether (sulfide) groups is 1. The van der Waals surface area contributed by atoms with Crippen molar-refractivity contribution in [2.24, 2.45) is 0 Å². The number of rotatable bonds is 7. The van der Waals surface area contributed by atoms with Gasteiger partial charge in [0.2, 0.25) is 0 Å². The Labute approximate surface area is 239 Å². The predicted octanol–water partition coefficient (Wildman–Crippen LogP) is 4.73. The van der Waals surface area contributed by atoms with Gasteiger partial charge in [0.05, 0.1) is 18.8 Å². The number of benzene rings is 2. The van der Waals surface area contributed by atoms with Gasteiger partial charge in [0.15, 0.2) is 22.9 Å². The molecule has 0 radical (unpaired) electrons. The van der Waals surface area contributed by atoms with Crippen LogP contribution in [-0.2, 0) is 6.54 Å². The summed E-state index contributed by atoms with van der Waals surface area (Å²) in [5.74, 6) is -1.27. The third kappa shape index (κ3) is 5.58. The van der Waals surface area contributed by atoms with Gasteiger partial charge in [0, 0.05) is 37.0 Å². The average molecular weight is 583 g/mol. The molecule has 0 aliphatic carbocycles. The van der Waals surface area contributed by atoms with Gasteiger partial charge in [-0.3, -0.25) is 9.69 Å². The minimum atomic E-state index is -1.11. The van der Waals surface area contributed by atoms with Crippen LogP contribution in [0.1, 0.15) is 40.5 Å². The van der Waals surface area contributed by atoms with Gasteiger partial charge in [0.1, 0.15) is 17.8 Å². The Kier molecular flexibility index (Phi) is 7.52. The van der Waals surface area contributed by atoms with Crippen LogP contribution in [0.25, 0.3) is 5.65 Å². The second kappa shape index (κ2) is 11.2. The Hall–Kier alpha value is -3.77. The first-order chi connectivity index (χ1) is 19.8. The fourth-order valence-corrected chi connectivity index (χ4v) is 6.37. The number of aromatic nitrogens is 3. The molecule has 0 bridgehead atoms. The first-order valence-electron chi connectivity index (χ1n) is 13.4. The first kappa shape index (κ1) is 27.4. The highest BCUT2D eigenvalue weighted by atomic mass is 32.2. The van der Waals surface area contributed by atoms with E-state index in [0.29, 0.717) is 30.1 Å². The lowest BCUT2D eigenvalue weighted by Gasteiger charge is -2.27. The van der Waals surface area contributed by atoms with Gasteiger partial charge in [-0.25, -0.2) is 22.7 Å². The van der Waals surface area contributed by atoms with E-state index in [-0.39, 0.29) is 42.2 Å². The van der Waals surface area contributed by atoms with E-state index in [0.717, 1.165) is 23.4 Å². The molecule has 4 aromatic rings. The third-order valence-electron chi connectivity index (χ3n) is 7.70. The molecular weight excluding hydrogens is 553 g/mol. The van der Waals surface area contributed by atoms with Crippen molar-refractivity contribution in [1.82, 2.24) is 24.8 Å². The number of carbonyl (C=O) groups excluding carboxylic acids is 1. The quantitative estimate of drug-likeness (QED) is 0.305. The molecule has 3 atom stereocenters. The lowest BCUT2D eigenvalue weighted by Crippen LogP contribution is -2.37. The van der Waals surface area contributed by atoms with Gasteiger partial charge in [-0.05, 0) is 66.3 Å². The monoisotopic (exact) mass is 582 g/mol. The van der Waals surface area contributed by atoms with Crippen LogP contribution in [0.5, 0.6) is 5.75 Å². The zero-order chi connectivity index (χ0) is 28.7. The number of hydrogen-bond acceptors (Lipinski definition) is 7. The fraction of sp³-hybridized carbons (Fsp3) is 0.345. The van der Waals surface area contributed by atoms with E-state index in [1.165, 1.54) is 46.7 Å². The van der Waals surface area contributed by atoms with Crippen LogP contribution < -0.4 is 10.2 Å². The molecule has 2 fully saturated rings. The molecule has 6 rings (SSSR count). The van der Waals surface area contributed by atoms with Crippen LogP contribution >= 0.6 is 11.8 Å². The lowest BCUT2D eigenvalue weighted by molar-refractivity contribution is 0.0930. The summed E-state index contributed by atoms with van der Waals surface area (Å²) in [6, 6.07) is 11.8. The van der Waals surface area contributed by atoms with Gasteiger partial charge in [-0.15, -0.1) is 16.9 Å². The molecule has 8 nitrogen and oxygen atoms in total. The van der Waals surface area contributed by atoms with Crippen LogP contribution in [0.15, 0.2) is 59.6 Å². The SMILES string of the molecule is CSc1ccc(F)cc1[C@H]1C[C@H](F)CN1c1ccc2ncc(C(=O)N[C@H]3CCN(Cc4ccc(F)c(O)c4)C3)n2n1. The maximum atomic E-state index is 14.7. The lowest BCUT2D eigenvalue weighted by atomic mass is 10.0. The van der Waals surface area contributed by atoms with Gasteiger partial charge in [-0.2, -0.15) is 0 Å². The molecule has 2 aromatic heterocycles. The van der Waals surface area contributed by atoms with Gasteiger partial charge in [0.25, 0.3) is 5.91 Å². The molecule has 0 saturated carbocycles. The Morgan fingerprint density at radius 2 is 2.00 bits per heavy atom. The van der Waals surface area contributed by atoms with Gasteiger partial charge < -0.3 is 15.3 Å². The number of hydrogen-bond donors (Lipinski definition) is 2. The van der Waals surface area contributed by atoms with Crippen LogP contribution in [-0.4, -0.2) is 68.6 Å². The summed E-state index contributed by atoms with van der Waals surface area (Å²) in [7, 11) is 0. The zero-order valence-electron chi connectivity index (χ0n) is 22.3. The number of nitrogens with zero attached hydrogens (tertiary/aromatic N) is 5. The number of carbonyl (C=O) groups is 1. The average Bonchev–Trinajstić information content (AvgIpc) is 3.68. The van der Waals surface area contributed by atoms with Crippen molar-refractivity contribution in [3.05, 3.63) is 83.2 Å². The number of phenols is 1. The van der Waals surface area contributed by atoms with Crippen molar-refractivity contribution in [1.29, 1.82) is 0 Å². The summed E-state index contributed by atoms with van der Waals surface area (Å²) in [5.41, 5.74) is 2.23. The number of phenolic OH excluding ortho intramolecular Hbond substituents is 1. The highest BCUT2D eigenvalue weighted by molar-refractivity contribution is 7.98. The minimum absolute atomic E-state index is 0.105. The predicted molar refractivity (Wildman–Crippen MR) is 150 cm³/mol. The number of nitrogens with one attached hydrogen (secondary N) is 1. The van der Waals surface area contributed by atoms with Crippen LogP contribution in [0.4, 0.5) is 19.0 Å². The molecule has 12 heteroatoms. The summed E-state index contributed by atoms with van der Waals surface area (Å²) in [6.45, 7) is 1.96. The molecule has 0 unspecified atom stereocenters. The van der Waals surface area contributed by atoms with Crippen molar-refractivity contribution in [3.63, 3.8) is 0 Å². The van der Waals surface area contributed by atoms with Crippen LogP contribution in [0.3, 0.4) is 0 Å². The second-order valence-corrected chi connectivity index (χ2v) is 11.3. The maximum Gasteiger partial charge on any atom is 0.271 e. The topological polar surface area (TPSA) is 86.0 Å². The highest BCUT2D eigenvalue weighted by Gasteiger charge is 2.36. The highest BCUT2D eigenvalue weighted by Crippen LogP contribution is 2.40. The first-order valence-corrected chi connectivity index (χ1v) is 14.6. The summed E-state index contributed by atoms with van der Waals surface area (Å²) >= 11 is 1.48. The number of likely N-dealkylation sites (tertiary alicyclic amines) is 1. The molecule has 2 saturated heterocycles. The van der Waals surface area contributed by atoms with E-state index in [9.17, 15) is 23.1 Å². The van der Waals surface area contributed by atoms with Crippen LogP contribution in [0.2, 0.25) is 0 Å². The Bertz CT molecular complexity index is 1600. The Balaban J connectivity index is 1.19. The van der Waals surface area contributed by atoms with Gasteiger partial charge in [-0.1, -0.05) is 6.07 Å². The summed E-state index contributed by atoms with van der Waals surface area (Å²) in [5, 5.41) is 17.4. The maximum absolute atomic E-state index is 14.7. The largest absolute Gasteiger partial charge is 0.505 e. The van der Waals surface area contributed by atoms with Gasteiger partial charge >= 0.3 is 0 Å². The number of halogens is 3.